The van der Waals surface area contributed by atoms with Gasteiger partial charge < -0.3 is 15.4 Å². The molecule has 1 heterocycles. The molecule has 0 saturated heterocycles. The number of amides is 2. The topological polar surface area (TPSA) is 114 Å². The third-order valence-corrected chi connectivity index (χ3v) is 6.42. The van der Waals surface area contributed by atoms with Gasteiger partial charge in [0, 0.05) is 12.1 Å². The molecule has 0 atom stereocenters. The number of hydrogen-bond acceptors (Lipinski definition) is 5. The smallest absolute Gasteiger partial charge is 0.261 e. The zero-order chi connectivity index (χ0) is 22.7. The lowest BCUT2D eigenvalue weighted by Crippen LogP contribution is -2.21. The van der Waals surface area contributed by atoms with E-state index in [4.69, 9.17) is 4.74 Å². The molecule has 0 fully saturated rings. The van der Waals surface area contributed by atoms with Crippen molar-refractivity contribution in [3.05, 3.63) is 77.9 Å². The van der Waals surface area contributed by atoms with E-state index in [9.17, 15) is 18.0 Å². The summed E-state index contributed by atoms with van der Waals surface area (Å²) in [5.74, 6) is -0.0952. The van der Waals surface area contributed by atoms with E-state index in [1.165, 1.54) is 31.4 Å². The van der Waals surface area contributed by atoms with E-state index in [1.807, 2.05) is 0 Å². The van der Waals surface area contributed by atoms with Crippen molar-refractivity contribution in [3.63, 3.8) is 0 Å². The lowest BCUT2D eigenvalue weighted by Gasteiger charge is -2.18. The summed E-state index contributed by atoms with van der Waals surface area (Å²) in [6, 6.07) is 17.8. The zero-order valence-corrected chi connectivity index (χ0v) is 18.0. The van der Waals surface area contributed by atoms with Crippen LogP contribution in [-0.4, -0.2) is 27.3 Å². The predicted octanol–water partition coefficient (Wildman–Crippen LogP) is 3.63. The Kier molecular flexibility index (Phi) is 5.83. The molecule has 0 bridgehead atoms. The number of methoxy groups -OCH3 is 1. The van der Waals surface area contributed by atoms with Crippen molar-refractivity contribution in [1.82, 2.24) is 0 Å². The van der Waals surface area contributed by atoms with Crippen LogP contribution in [-0.2, 0) is 21.2 Å². The molecule has 3 aromatic rings. The molecule has 32 heavy (non-hydrogen) atoms. The number of rotatable bonds is 6. The number of sulfonamides is 1. The summed E-state index contributed by atoms with van der Waals surface area (Å²) >= 11 is 0. The molecule has 0 spiro atoms. The first kappa shape index (κ1) is 21.4. The van der Waals surface area contributed by atoms with Crippen LogP contribution in [0.15, 0.2) is 71.6 Å². The number of carbonyl (C=O) groups excluding carboxylic acids is 2. The van der Waals surface area contributed by atoms with Crippen LogP contribution in [0.5, 0.6) is 5.75 Å². The van der Waals surface area contributed by atoms with E-state index in [0.29, 0.717) is 30.0 Å². The number of hydrogen-bond donors (Lipinski definition) is 3. The molecular weight excluding hydrogens is 430 g/mol. The highest BCUT2D eigenvalue weighted by Crippen LogP contribution is 2.28. The Morgan fingerprint density at radius 1 is 0.969 bits per heavy atom. The van der Waals surface area contributed by atoms with Crippen LogP contribution in [0, 0.1) is 0 Å². The molecule has 1 aliphatic rings. The Bertz CT molecular complexity index is 1300. The fourth-order valence-electron chi connectivity index (χ4n) is 3.44. The summed E-state index contributed by atoms with van der Waals surface area (Å²) in [6.45, 7) is 0. The van der Waals surface area contributed by atoms with Crippen molar-refractivity contribution in [2.75, 3.05) is 22.5 Å². The largest absolute Gasteiger partial charge is 0.495 e. The van der Waals surface area contributed by atoms with Crippen LogP contribution >= 0.6 is 0 Å². The lowest BCUT2D eigenvalue weighted by molar-refractivity contribution is -0.116. The minimum absolute atomic E-state index is 0.0485. The maximum Gasteiger partial charge on any atom is 0.261 e. The molecule has 0 unspecified atom stereocenters. The fraction of sp³-hybridized carbons (Fsp3) is 0.130. The summed E-state index contributed by atoms with van der Waals surface area (Å²) < 4.78 is 33.8. The third-order valence-electron chi connectivity index (χ3n) is 5.05. The van der Waals surface area contributed by atoms with Gasteiger partial charge in [0.1, 0.15) is 5.75 Å². The maximum atomic E-state index is 13.0. The second kappa shape index (κ2) is 8.72. The Balaban J connectivity index is 1.60. The molecule has 164 valence electrons. The molecular formula is C23H21N3O5S. The number of carbonyl (C=O) groups is 2. The number of anilines is 3. The SMILES string of the molecule is COc1ccccc1NC(=O)c1ccccc1NS(=O)(=O)c1ccc2c(c1)CCC(=O)N2. The van der Waals surface area contributed by atoms with Crippen molar-refractivity contribution in [3.8, 4) is 5.75 Å². The van der Waals surface area contributed by atoms with Crippen LogP contribution in [0.2, 0.25) is 0 Å². The Morgan fingerprint density at radius 2 is 1.69 bits per heavy atom. The first-order valence-corrected chi connectivity index (χ1v) is 11.3. The van der Waals surface area contributed by atoms with Gasteiger partial charge in [0.25, 0.3) is 15.9 Å². The first-order chi connectivity index (χ1) is 15.4. The monoisotopic (exact) mass is 451 g/mol. The van der Waals surface area contributed by atoms with E-state index < -0.39 is 15.9 Å². The number of aryl methyl sites for hydroxylation is 1. The van der Waals surface area contributed by atoms with E-state index in [-0.39, 0.29) is 22.1 Å². The summed E-state index contributed by atoms with van der Waals surface area (Å²) in [7, 11) is -2.47. The molecule has 0 aliphatic carbocycles. The van der Waals surface area contributed by atoms with Crippen molar-refractivity contribution in [2.24, 2.45) is 0 Å². The number of benzene rings is 3. The number of para-hydroxylation sites is 3. The Morgan fingerprint density at radius 3 is 2.47 bits per heavy atom. The van der Waals surface area contributed by atoms with Gasteiger partial charge in [0.15, 0.2) is 0 Å². The molecule has 8 nitrogen and oxygen atoms in total. The quantitative estimate of drug-likeness (QED) is 0.530. The zero-order valence-electron chi connectivity index (χ0n) is 17.2. The van der Waals surface area contributed by atoms with E-state index in [2.05, 4.69) is 15.4 Å². The van der Waals surface area contributed by atoms with E-state index >= 15 is 0 Å². The summed E-state index contributed by atoms with van der Waals surface area (Å²) in [4.78, 5) is 24.5. The van der Waals surface area contributed by atoms with Crippen molar-refractivity contribution < 1.29 is 22.7 Å². The minimum Gasteiger partial charge on any atom is -0.495 e. The first-order valence-electron chi connectivity index (χ1n) is 9.86. The van der Waals surface area contributed by atoms with Gasteiger partial charge >= 0.3 is 0 Å². The van der Waals surface area contributed by atoms with Crippen molar-refractivity contribution >= 4 is 38.9 Å². The fourth-order valence-corrected chi connectivity index (χ4v) is 4.57. The predicted molar refractivity (Wildman–Crippen MR) is 122 cm³/mol. The van der Waals surface area contributed by atoms with Crippen LogP contribution < -0.4 is 20.1 Å². The average molecular weight is 452 g/mol. The molecule has 9 heteroatoms. The van der Waals surface area contributed by atoms with Crippen molar-refractivity contribution in [1.29, 1.82) is 0 Å². The van der Waals surface area contributed by atoms with E-state index in [1.54, 1.807) is 42.5 Å². The van der Waals surface area contributed by atoms with Gasteiger partial charge in [-0.1, -0.05) is 24.3 Å². The Hall–Kier alpha value is -3.85. The van der Waals surface area contributed by atoms with Crippen molar-refractivity contribution in [2.45, 2.75) is 17.7 Å². The molecule has 0 saturated carbocycles. The number of nitrogens with one attached hydrogen (secondary N) is 3. The minimum atomic E-state index is -3.97. The number of fused-ring (bicyclic) bond motifs is 1. The van der Waals surface area contributed by atoms with Gasteiger partial charge in [-0.3, -0.25) is 14.3 Å². The van der Waals surface area contributed by atoms with Crippen LogP contribution in [0.4, 0.5) is 17.1 Å². The van der Waals surface area contributed by atoms with Gasteiger partial charge in [0.2, 0.25) is 5.91 Å². The van der Waals surface area contributed by atoms with Gasteiger partial charge in [-0.25, -0.2) is 8.42 Å². The van der Waals surface area contributed by atoms with Crippen LogP contribution in [0.25, 0.3) is 0 Å². The second-order valence-corrected chi connectivity index (χ2v) is 8.86. The average Bonchev–Trinajstić information content (AvgIpc) is 2.79. The molecule has 3 aromatic carbocycles. The van der Waals surface area contributed by atoms with E-state index in [0.717, 1.165) is 5.56 Å². The van der Waals surface area contributed by atoms with Gasteiger partial charge in [-0.05, 0) is 54.4 Å². The third kappa shape index (κ3) is 4.42. The lowest BCUT2D eigenvalue weighted by atomic mass is 10.0. The molecule has 0 radical (unpaired) electrons. The summed E-state index contributed by atoms with van der Waals surface area (Å²) in [6.07, 6.45) is 0.762. The standard InChI is InChI=1S/C23H21N3O5S/c1-31-21-9-5-4-8-20(21)25-23(28)17-6-2-3-7-19(17)26-32(29,30)16-11-12-18-15(14-16)10-13-22(27)24-18/h2-9,11-12,14,26H,10,13H2,1H3,(H,24,27)(H,25,28). The highest BCUT2D eigenvalue weighted by Gasteiger charge is 2.22. The highest BCUT2D eigenvalue weighted by molar-refractivity contribution is 7.92. The molecule has 2 amide bonds. The number of ether oxygens (including phenoxy) is 1. The second-order valence-electron chi connectivity index (χ2n) is 7.17. The van der Waals surface area contributed by atoms with Gasteiger partial charge in [-0.2, -0.15) is 0 Å². The molecule has 4 rings (SSSR count). The molecule has 1 aliphatic heterocycles. The van der Waals surface area contributed by atoms with Crippen LogP contribution in [0.3, 0.4) is 0 Å². The van der Waals surface area contributed by atoms with Gasteiger partial charge in [0.05, 0.1) is 28.9 Å². The Labute approximate surface area is 185 Å². The molecule has 0 aromatic heterocycles. The van der Waals surface area contributed by atoms with Crippen LogP contribution in [0.1, 0.15) is 22.3 Å². The molecule has 3 N–H and O–H groups in total. The highest BCUT2D eigenvalue weighted by atomic mass is 32.2. The summed E-state index contributed by atoms with van der Waals surface area (Å²) in [5, 5.41) is 5.48. The normalized spacial score (nSPS) is 13.0. The van der Waals surface area contributed by atoms with Gasteiger partial charge in [-0.15, -0.1) is 0 Å². The summed E-state index contributed by atoms with van der Waals surface area (Å²) in [5.41, 5.74) is 2.12. The maximum absolute atomic E-state index is 13.0.